The van der Waals surface area contributed by atoms with E-state index in [1.807, 2.05) is 0 Å². The average molecular weight is 261 g/mol. The van der Waals surface area contributed by atoms with Crippen LogP contribution in [0.4, 0.5) is 0 Å². The summed E-state index contributed by atoms with van der Waals surface area (Å²) >= 11 is 0. The number of hydrogen-bond acceptors (Lipinski definition) is 2. The number of rotatable bonds is 4. The van der Waals surface area contributed by atoms with Gasteiger partial charge >= 0.3 is 0 Å². The number of aliphatic hydroxyl groups is 1. The fourth-order valence-electron chi connectivity index (χ4n) is 3.27. The second-order valence-electron chi connectivity index (χ2n) is 6.15. The van der Waals surface area contributed by atoms with E-state index in [4.69, 9.17) is 0 Å². The first-order valence-corrected chi connectivity index (χ1v) is 7.54. The van der Waals surface area contributed by atoms with Crippen molar-refractivity contribution in [2.24, 2.45) is 5.92 Å². The van der Waals surface area contributed by atoms with Gasteiger partial charge in [0, 0.05) is 18.7 Å². The highest BCUT2D eigenvalue weighted by Crippen LogP contribution is 2.26. The smallest absolute Gasteiger partial charge is 0.0459 e. The van der Waals surface area contributed by atoms with Crippen LogP contribution < -0.4 is 5.32 Å². The summed E-state index contributed by atoms with van der Waals surface area (Å²) in [5, 5.41) is 12.9. The summed E-state index contributed by atoms with van der Waals surface area (Å²) in [6, 6.07) is 7.73. The van der Waals surface area contributed by atoms with Crippen LogP contribution in [-0.4, -0.2) is 17.8 Å². The maximum absolute atomic E-state index is 9.18. The van der Waals surface area contributed by atoms with Crippen LogP contribution >= 0.6 is 0 Å². The summed E-state index contributed by atoms with van der Waals surface area (Å²) in [5.74, 6) is 0.537. The molecule has 1 aromatic carbocycles. The Kier molecular flexibility index (Phi) is 5.00. The Bertz CT molecular complexity index is 408. The van der Waals surface area contributed by atoms with Gasteiger partial charge in [0.2, 0.25) is 0 Å². The third-order valence-corrected chi connectivity index (χ3v) is 4.48. The van der Waals surface area contributed by atoms with Gasteiger partial charge in [0.25, 0.3) is 0 Å². The predicted octanol–water partition coefficient (Wildman–Crippen LogP) is 3.51. The van der Waals surface area contributed by atoms with Crippen LogP contribution in [0, 0.1) is 19.8 Å². The van der Waals surface area contributed by atoms with E-state index in [1.54, 1.807) is 0 Å². The van der Waals surface area contributed by atoms with Crippen molar-refractivity contribution in [1.29, 1.82) is 0 Å². The molecule has 0 spiro atoms. The monoisotopic (exact) mass is 261 g/mol. The van der Waals surface area contributed by atoms with Gasteiger partial charge in [0.15, 0.2) is 0 Å². The highest BCUT2D eigenvalue weighted by atomic mass is 16.3. The Morgan fingerprint density at radius 2 is 1.89 bits per heavy atom. The number of benzene rings is 1. The zero-order valence-electron chi connectivity index (χ0n) is 12.4. The van der Waals surface area contributed by atoms with E-state index in [9.17, 15) is 5.11 Å². The van der Waals surface area contributed by atoms with E-state index in [0.29, 0.717) is 24.6 Å². The molecule has 19 heavy (non-hydrogen) atoms. The summed E-state index contributed by atoms with van der Waals surface area (Å²) in [6.45, 7) is 6.96. The lowest BCUT2D eigenvalue weighted by Crippen LogP contribution is -2.35. The quantitative estimate of drug-likeness (QED) is 0.869. The SMILES string of the molecule is Cc1ccc(C(C)NC2CCC(CO)CC2)c(C)c1. The first-order valence-electron chi connectivity index (χ1n) is 7.54. The maximum Gasteiger partial charge on any atom is 0.0459 e. The van der Waals surface area contributed by atoms with Gasteiger partial charge in [0.1, 0.15) is 0 Å². The van der Waals surface area contributed by atoms with Crippen molar-refractivity contribution in [2.75, 3.05) is 6.61 Å². The average Bonchev–Trinajstić information content (AvgIpc) is 2.39. The van der Waals surface area contributed by atoms with Crippen LogP contribution in [0.2, 0.25) is 0 Å². The summed E-state index contributed by atoms with van der Waals surface area (Å²) < 4.78 is 0. The summed E-state index contributed by atoms with van der Waals surface area (Å²) in [6.07, 6.45) is 4.71. The molecule has 1 fully saturated rings. The van der Waals surface area contributed by atoms with E-state index in [1.165, 1.54) is 29.5 Å². The zero-order chi connectivity index (χ0) is 13.8. The molecule has 0 amide bonds. The molecule has 106 valence electrons. The Balaban J connectivity index is 1.92. The molecule has 1 aliphatic rings. The molecule has 1 aliphatic carbocycles. The summed E-state index contributed by atoms with van der Waals surface area (Å²) in [7, 11) is 0. The molecule has 1 atom stereocenters. The van der Waals surface area contributed by atoms with Gasteiger partial charge in [-0.15, -0.1) is 0 Å². The summed E-state index contributed by atoms with van der Waals surface area (Å²) in [5.41, 5.74) is 4.12. The number of aliphatic hydroxyl groups excluding tert-OH is 1. The molecular weight excluding hydrogens is 234 g/mol. The molecule has 0 heterocycles. The van der Waals surface area contributed by atoms with Gasteiger partial charge in [-0.1, -0.05) is 23.8 Å². The van der Waals surface area contributed by atoms with Gasteiger partial charge in [-0.25, -0.2) is 0 Å². The lowest BCUT2D eigenvalue weighted by Gasteiger charge is -2.31. The number of nitrogens with one attached hydrogen (secondary N) is 1. The molecule has 0 aromatic heterocycles. The molecule has 0 bridgehead atoms. The van der Waals surface area contributed by atoms with E-state index in [2.05, 4.69) is 44.3 Å². The highest BCUT2D eigenvalue weighted by molar-refractivity contribution is 5.32. The van der Waals surface area contributed by atoms with Crippen molar-refractivity contribution in [3.05, 3.63) is 34.9 Å². The fourth-order valence-corrected chi connectivity index (χ4v) is 3.27. The van der Waals surface area contributed by atoms with Gasteiger partial charge in [-0.3, -0.25) is 0 Å². The van der Waals surface area contributed by atoms with Gasteiger partial charge in [0.05, 0.1) is 0 Å². The van der Waals surface area contributed by atoms with Gasteiger partial charge < -0.3 is 10.4 Å². The second-order valence-corrected chi connectivity index (χ2v) is 6.15. The molecule has 2 rings (SSSR count). The van der Waals surface area contributed by atoms with Crippen LogP contribution in [0.25, 0.3) is 0 Å². The lowest BCUT2D eigenvalue weighted by atomic mass is 9.86. The van der Waals surface area contributed by atoms with E-state index in [0.717, 1.165) is 12.8 Å². The molecular formula is C17H27NO. The molecule has 1 saturated carbocycles. The van der Waals surface area contributed by atoms with E-state index < -0.39 is 0 Å². The van der Waals surface area contributed by atoms with Gasteiger partial charge in [-0.05, 0) is 63.5 Å². The Labute approximate surface area is 117 Å². The van der Waals surface area contributed by atoms with Crippen molar-refractivity contribution >= 4 is 0 Å². The fraction of sp³-hybridized carbons (Fsp3) is 0.647. The summed E-state index contributed by atoms with van der Waals surface area (Å²) in [4.78, 5) is 0. The topological polar surface area (TPSA) is 32.3 Å². The third-order valence-electron chi connectivity index (χ3n) is 4.48. The Morgan fingerprint density at radius 3 is 2.47 bits per heavy atom. The Morgan fingerprint density at radius 1 is 1.21 bits per heavy atom. The number of hydrogen-bond donors (Lipinski definition) is 2. The van der Waals surface area contributed by atoms with Crippen molar-refractivity contribution in [3.8, 4) is 0 Å². The van der Waals surface area contributed by atoms with E-state index in [-0.39, 0.29) is 0 Å². The van der Waals surface area contributed by atoms with Gasteiger partial charge in [-0.2, -0.15) is 0 Å². The second kappa shape index (κ2) is 6.53. The van der Waals surface area contributed by atoms with Crippen molar-refractivity contribution in [1.82, 2.24) is 5.32 Å². The third kappa shape index (κ3) is 3.80. The van der Waals surface area contributed by atoms with E-state index >= 15 is 0 Å². The highest BCUT2D eigenvalue weighted by Gasteiger charge is 2.22. The molecule has 2 heteroatoms. The predicted molar refractivity (Wildman–Crippen MR) is 80.3 cm³/mol. The van der Waals surface area contributed by atoms with Crippen LogP contribution in [0.15, 0.2) is 18.2 Å². The molecule has 2 N–H and O–H groups in total. The molecule has 1 aromatic rings. The van der Waals surface area contributed by atoms with Crippen LogP contribution in [0.1, 0.15) is 55.3 Å². The normalized spacial score (nSPS) is 25.3. The molecule has 0 aliphatic heterocycles. The molecule has 1 unspecified atom stereocenters. The largest absolute Gasteiger partial charge is 0.396 e. The minimum atomic E-state index is 0.360. The number of aryl methyl sites for hydroxylation is 2. The maximum atomic E-state index is 9.18. The molecule has 0 saturated heterocycles. The molecule has 0 radical (unpaired) electrons. The zero-order valence-corrected chi connectivity index (χ0v) is 12.4. The first kappa shape index (κ1) is 14.5. The Hall–Kier alpha value is -0.860. The van der Waals surface area contributed by atoms with Crippen molar-refractivity contribution in [3.63, 3.8) is 0 Å². The van der Waals surface area contributed by atoms with Crippen LogP contribution in [0.3, 0.4) is 0 Å². The van der Waals surface area contributed by atoms with Crippen LogP contribution in [0.5, 0.6) is 0 Å². The minimum absolute atomic E-state index is 0.360. The van der Waals surface area contributed by atoms with Crippen molar-refractivity contribution in [2.45, 2.75) is 58.5 Å². The first-order chi connectivity index (χ1) is 9.10. The van der Waals surface area contributed by atoms with Crippen LogP contribution in [-0.2, 0) is 0 Å². The minimum Gasteiger partial charge on any atom is -0.396 e. The van der Waals surface area contributed by atoms with Crippen molar-refractivity contribution < 1.29 is 5.11 Å². The standard InChI is InChI=1S/C17H27NO/c1-12-4-9-17(13(2)10-12)14(3)18-16-7-5-15(11-19)6-8-16/h4,9-10,14-16,18-19H,5-8,11H2,1-3H3. The lowest BCUT2D eigenvalue weighted by molar-refractivity contribution is 0.172. The molecule has 2 nitrogen and oxygen atoms in total.